The molecule has 2 aromatic heterocycles. The Labute approximate surface area is 208 Å². The number of nitrogens with one attached hydrogen (secondary N) is 1. The lowest BCUT2D eigenvalue weighted by atomic mass is 10.0. The monoisotopic (exact) mass is 497 g/mol. The Hall–Kier alpha value is -2.55. The summed E-state index contributed by atoms with van der Waals surface area (Å²) < 4.78 is 5.42. The first-order valence-electron chi connectivity index (χ1n) is 11.7. The molecule has 1 saturated heterocycles. The van der Waals surface area contributed by atoms with E-state index < -0.39 is 0 Å². The lowest BCUT2D eigenvalue weighted by Crippen LogP contribution is -2.28. The second kappa shape index (κ2) is 9.98. The van der Waals surface area contributed by atoms with Crippen LogP contribution < -0.4 is 5.32 Å². The number of rotatable bonds is 7. The molecule has 0 bridgehead atoms. The summed E-state index contributed by atoms with van der Waals surface area (Å²) in [6.45, 7) is 7.04. The van der Waals surface area contributed by atoms with Crippen molar-refractivity contribution in [2.24, 2.45) is 0 Å². The third kappa shape index (κ3) is 4.94. The van der Waals surface area contributed by atoms with E-state index in [4.69, 9.17) is 21.3 Å². The van der Waals surface area contributed by atoms with Gasteiger partial charge in [0, 0.05) is 61.2 Å². The zero-order valence-corrected chi connectivity index (χ0v) is 21.0. The van der Waals surface area contributed by atoms with Crippen molar-refractivity contribution in [1.82, 2.24) is 19.9 Å². The fourth-order valence-corrected chi connectivity index (χ4v) is 5.37. The molecule has 5 rings (SSSR count). The number of carbonyl (C=O) groups is 1. The number of nitrogens with zero attached hydrogens (tertiary/aromatic N) is 4. The average Bonchev–Trinajstić information content (AvgIpc) is 3.44. The Morgan fingerprint density at radius 2 is 2.09 bits per heavy atom. The van der Waals surface area contributed by atoms with Crippen LogP contribution >= 0.6 is 22.9 Å². The highest BCUT2D eigenvalue weighted by atomic mass is 35.5. The number of aromatic nitrogens is 3. The summed E-state index contributed by atoms with van der Waals surface area (Å²) in [6.07, 6.45) is 4.22. The Morgan fingerprint density at radius 1 is 1.26 bits per heavy atom. The first kappa shape index (κ1) is 23.2. The van der Waals surface area contributed by atoms with E-state index in [1.54, 1.807) is 17.5 Å². The van der Waals surface area contributed by atoms with Crippen molar-refractivity contribution < 1.29 is 9.53 Å². The molecule has 9 heteroatoms. The van der Waals surface area contributed by atoms with E-state index in [0.717, 1.165) is 54.3 Å². The van der Waals surface area contributed by atoms with E-state index >= 15 is 0 Å². The third-order valence-electron chi connectivity index (χ3n) is 6.26. The minimum atomic E-state index is 0.0434. The SMILES string of the molecule is CC(C)c1nc(CCN2Cc3ccc(-c4nc(NC5CCOCC5)ncc4Cl)cc3C2=O)cs1. The first-order valence-corrected chi connectivity index (χ1v) is 13.0. The van der Waals surface area contributed by atoms with Crippen molar-refractivity contribution >= 4 is 34.8 Å². The molecule has 1 aromatic carbocycles. The standard InChI is InChI=1S/C25H28ClN5O2S/c1-15(2)23-28-19(14-34-23)5-8-31-13-17-4-3-16(11-20(17)24(31)32)22-21(26)12-27-25(30-22)29-18-6-9-33-10-7-18/h3-4,11-12,14-15,18H,5-10,13H2,1-2H3,(H,27,29,30). The summed E-state index contributed by atoms with van der Waals surface area (Å²) in [5.41, 5.74) is 4.24. The Morgan fingerprint density at radius 3 is 2.85 bits per heavy atom. The zero-order valence-electron chi connectivity index (χ0n) is 19.4. The fourth-order valence-electron chi connectivity index (χ4n) is 4.30. The van der Waals surface area contributed by atoms with Crippen molar-refractivity contribution in [3.05, 3.63) is 56.6 Å². The molecule has 3 aromatic rings. The number of hydrogen-bond donors (Lipinski definition) is 1. The molecule has 0 aliphatic carbocycles. The number of halogens is 1. The van der Waals surface area contributed by atoms with Crippen molar-refractivity contribution in [3.8, 4) is 11.3 Å². The molecule has 0 unspecified atom stereocenters. The summed E-state index contributed by atoms with van der Waals surface area (Å²) in [4.78, 5) is 28.8. The molecule has 7 nitrogen and oxygen atoms in total. The van der Waals surface area contributed by atoms with Crippen LogP contribution in [0.2, 0.25) is 5.02 Å². The van der Waals surface area contributed by atoms with Crippen molar-refractivity contribution in [2.75, 3.05) is 25.1 Å². The van der Waals surface area contributed by atoms with Crippen LogP contribution in [0.4, 0.5) is 5.95 Å². The maximum Gasteiger partial charge on any atom is 0.254 e. The van der Waals surface area contributed by atoms with Crippen LogP contribution in [0, 0.1) is 0 Å². The summed E-state index contributed by atoms with van der Waals surface area (Å²) in [5, 5.41) is 7.09. The molecule has 4 heterocycles. The molecule has 178 valence electrons. The quantitative estimate of drug-likeness (QED) is 0.485. The van der Waals surface area contributed by atoms with Gasteiger partial charge in [-0.15, -0.1) is 11.3 Å². The van der Waals surface area contributed by atoms with E-state index in [-0.39, 0.29) is 11.9 Å². The maximum atomic E-state index is 13.1. The van der Waals surface area contributed by atoms with Crippen LogP contribution in [0.1, 0.15) is 59.2 Å². The largest absolute Gasteiger partial charge is 0.381 e. The fraction of sp³-hybridized carbons (Fsp3) is 0.440. The summed E-state index contributed by atoms with van der Waals surface area (Å²) in [7, 11) is 0. The maximum absolute atomic E-state index is 13.1. The van der Waals surface area contributed by atoms with Crippen molar-refractivity contribution in [3.63, 3.8) is 0 Å². The van der Waals surface area contributed by atoms with Gasteiger partial charge >= 0.3 is 0 Å². The molecule has 1 amide bonds. The second-order valence-electron chi connectivity index (χ2n) is 9.10. The van der Waals surface area contributed by atoms with Crippen molar-refractivity contribution in [1.29, 1.82) is 0 Å². The van der Waals surface area contributed by atoms with Gasteiger partial charge in [0.1, 0.15) is 0 Å². The number of fused-ring (bicyclic) bond motifs is 1. The normalized spacial score (nSPS) is 16.4. The van der Waals surface area contributed by atoms with Crippen LogP contribution in [-0.2, 0) is 17.7 Å². The number of benzene rings is 1. The van der Waals surface area contributed by atoms with Gasteiger partial charge in [0.2, 0.25) is 5.95 Å². The topological polar surface area (TPSA) is 80.2 Å². The second-order valence-corrected chi connectivity index (χ2v) is 10.4. The van der Waals surface area contributed by atoms with E-state index in [1.165, 1.54) is 0 Å². The van der Waals surface area contributed by atoms with Crippen LogP contribution in [0.25, 0.3) is 11.3 Å². The highest BCUT2D eigenvalue weighted by Gasteiger charge is 2.28. The van der Waals surface area contributed by atoms with Crippen molar-refractivity contribution in [2.45, 2.75) is 51.6 Å². The Bertz CT molecular complexity index is 1190. The summed E-state index contributed by atoms with van der Waals surface area (Å²) in [6, 6.07) is 6.18. The van der Waals surface area contributed by atoms with E-state index in [1.807, 2.05) is 23.1 Å². The number of ether oxygens (including phenoxy) is 1. The highest BCUT2D eigenvalue weighted by molar-refractivity contribution is 7.09. The van der Waals surface area contributed by atoms with Gasteiger partial charge in [0.25, 0.3) is 5.91 Å². The molecule has 0 saturated carbocycles. The highest BCUT2D eigenvalue weighted by Crippen LogP contribution is 2.32. The van der Waals surface area contributed by atoms with Gasteiger partial charge in [0.05, 0.1) is 27.6 Å². The average molecular weight is 498 g/mol. The smallest absolute Gasteiger partial charge is 0.254 e. The zero-order chi connectivity index (χ0) is 23.7. The van der Waals surface area contributed by atoms with Gasteiger partial charge in [-0.25, -0.2) is 15.0 Å². The van der Waals surface area contributed by atoms with Crippen LogP contribution in [0.3, 0.4) is 0 Å². The number of anilines is 1. The number of carbonyl (C=O) groups excluding carboxylic acids is 1. The predicted molar refractivity (Wildman–Crippen MR) is 135 cm³/mol. The molecule has 2 aliphatic heterocycles. The van der Waals surface area contributed by atoms with Gasteiger partial charge in [-0.1, -0.05) is 37.6 Å². The third-order valence-corrected chi connectivity index (χ3v) is 7.73. The summed E-state index contributed by atoms with van der Waals surface area (Å²) in [5.74, 6) is 1.02. The van der Waals surface area contributed by atoms with Gasteiger partial charge in [-0.05, 0) is 24.5 Å². The molecular weight excluding hydrogens is 470 g/mol. The van der Waals surface area contributed by atoms with Gasteiger partial charge < -0.3 is 15.0 Å². The minimum Gasteiger partial charge on any atom is -0.381 e. The lowest BCUT2D eigenvalue weighted by molar-refractivity contribution is 0.0780. The van der Waals surface area contributed by atoms with Gasteiger partial charge in [-0.2, -0.15) is 0 Å². The number of hydrogen-bond acceptors (Lipinski definition) is 7. The predicted octanol–water partition coefficient (Wildman–Crippen LogP) is 5.17. The van der Waals surface area contributed by atoms with Crippen LogP contribution in [0.5, 0.6) is 0 Å². The molecule has 0 radical (unpaired) electrons. The molecule has 0 spiro atoms. The van der Waals surface area contributed by atoms with Crippen LogP contribution in [0.15, 0.2) is 29.8 Å². The first-order chi connectivity index (χ1) is 16.5. The van der Waals surface area contributed by atoms with E-state index in [2.05, 4.69) is 34.5 Å². The lowest BCUT2D eigenvalue weighted by Gasteiger charge is -2.23. The van der Waals surface area contributed by atoms with Gasteiger partial charge in [0.15, 0.2) is 0 Å². The minimum absolute atomic E-state index is 0.0434. The molecule has 1 fully saturated rings. The Kier molecular flexibility index (Phi) is 6.81. The van der Waals surface area contributed by atoms with E-state index in [9.17, 15) is 4.79 Å². The summed E-state index contributed by atoms with van der Waals surface area (Å²) >= 11 is 8.15. The van der Waals surface area contributed by atoms with Crippen LogP contribution in [-0.4, -0.2) is 51.6 Å². The van der Waals surface area contributed by atoms with Gasteiger partial charge in [-0.3, -0.25) is 4.79 Å². The Balaban J connectivity index is 1.30. The number of amides is 1. The molecular formula is C25H28ClN5O2S. The molecule has 2 aliphatic rings. The molecule has 1 N–H and O–H groups in total. The molecule has 34 heavy (non-hydrogen) atoms. The number of thiazole rings is 1. The molecule has 0 atom stereocenters. The van der Waals surface area contributed by atoms with E-state index in [0.29, 0.717) is 41.2 Å².